The van der Waals surface area contributed by atoms with E-state index in [0.717, 1.165) is 18.8 Å². The average Bonchev–Trinajstić information content (AvgIpc) is 2.99. The van der Waals surface area contributed by atoms with E-state index >= 15 is 0 Å². The maximum atomic E-state index is 5.80. The van der Waals surface area contributed by atoms with Crippen molar-refractivity contribution in [3.05, 3.63) is 29.8 Å². The molecule has 0 heterocycles. The van der Waals surface area contributed by atoms with Gasteiger partial charge in [-0.2, -0.15) is 0 Å². The molecule has 0 radical (unpaired) electrons. The van der Waals surface area contributed by atoms with E-state index in [9.17, 15) is 0 Å². The van der Waals surface area contributed by atoms with Crippen molar-refractivity contribution in [3.63, 3.8) is 0 Å². The maximum absolute atomic E-state index is 5.80. The zero-order chi connectivity index (χ0) is 12.3. The van der Waals surface area contributed by atoms with Gasteiger partial charge in [0, 0.05) is 18.7 Å². The van der Waals surface area contributed by atoms with Gasteiger partial charge in [0.2, 0.25) is 0 Å². The predicted octanol–water partition coefficient (Wildman–Crippen LogP) is 3.36. The second-order valence-electron chi connectivity index (χ2n) is 5.69. The molecular weight excluding hydrogens is 210 g/mol. The Labute approximate surface area is 104 Å². The molecule has 1 aromatic carbocycles. The standard InChI is InChI=1S/C15H23NO/c1-12(2)17-14-7-5-4-6-13(14)10-16-11-15(3)8-9-15/h4-7,12,16H,8-11H2,1-3H3. The van der Waals surface area contributed by atoms with Crippen LogP contribution < -0.4 is 10.1 Å². The van der Waals surface area contributed by atoms with E-state index in [1.807, 2.05) is 6.07 Å². The van der Waals surface area contributed by atoms with E-state index < -0.39 is 0 Å². The zero-order valence-electron chi connectivity index (χ0n) is 11.1. The third-order valence-corrected chi connectivity index (χ3v) is 3.31. The summed E-state index contributed by atoms with van der Waals surface area (Å²) < 4.78 is 5.80. The molecule has 1 N–H and O–H groups in total. The lowest BCUT2D eigenvalue weighted by Crippen LogP contribution is -2.22. The average molecular weight is 233 g/mol. The lowest BCUT2D eigenvalue weighted by molar-refractivity contribution is 0.239. The second kappa shape index (κ2) is 5.09. The summed E-state index contributed by atoms with van der Waals surface area (Å²) in [6, 6.07) is 8.29. The molecule has 17 heavy (non-hydrogen) atoms. The van der Waals surface area contributed by atoms with Gasteiger partial charge in [-0.25, -0.2) is 0 Å². The number of ether oxygens (including phenoxy) is 1. The van der Waals surface area contributed by atoms with Gasteiger partial charge in [0.25, 0.3) is 0 Å². The summed E-state index contributed by atoms with van der Waals surface area (Å²) >= 11 is 0. The van der Waals surface area contributed by atoms with Crippen molar-refractivity contribution in [2.75, 3.05) is 6.54 Å². The molecule has 0 aliphatic heterocycles. The fourth-order valence-corrected chi connectivity index (χ4v) is 1.91. The van der Waals surface area contributed by atoms with Gasteiger partial charge in [-0.05, 0) is 38.2 Å². The van der Waals surface area contributed by atoms with Crippen molar-refractivity contribution in [2.45, 2.75) is 46.3 Å². The smallest absolute Gasteiger partial charge is 0.124 e. The SMILES string of the molecule is CC(C)Oc1ccccc1CNCC1(C)CC1. The third kappa shape index (κ3) is 3.74. The summed E-state index contributed by atoms with van der Waals surface area (Å²) in [7, 11) is 0. The van der Waals surface area contributed by atoms with E-state index in [0.29, 0.717) is 5.41 Å². The fourth-order valence-electron chi connectivity index (χ4n) is 1.91. The van der Waals surface area contributed by atoms with Crippen LogP contribution >= 0.6 is 0 Å². The van der Waals surface area contributed by atoms with E-state index in [-0.39, 0.29) is 6.10 Å². The molecule has 0 amide bonds. The first-order chi connectivity index (χ1) is 8.09. The molecule has 0 aromatic heterocycles. The van der Waals surface area contributed by atoms with Gasteiger partial charge in [-0.1, -0.05) is 25.1 Å². The fraction of sp³-hybridized carbons (Fsp3) is 0.600. The van der Waals surface area contributed by atoms with Crippen LogP contribution in [0.1, 0.15) is 39.2 Å². The molecule has 1 aliphatic rings. The first-order valence-electron chi connectivity index (χ1n) is 6.54. The maximum Gasteiger partial charge on any atom is 0.124 e. The summed E-state index contributed by atoms with van der Waals surface area (Å²) in [4.78, 5) is 0. The number of rotatable bonds is 6. The predicted molar refractivity (Wildman–Crippen MR) is 71.3 cm³/mol. The van der Waals surface area contributed by atoms with Gasteiger partial charge >= 0.3 is 0 Å². The Kier molecular flexibility index (Phi) is 3.72. The van der Waals surface area contributed by atoms with Crippen molar-refractivity contribution < 1.29 is 4.74 Å². The quantitative estimate of drug-likeness (QED) is 0.813. The van der Waals surface area contributed by atoms with Crippen LogP contribution in [-0.4, -0.2) is 12.6 Å². The molecule has 0 unspecified atom stereocenters. The molecule has 2 nitrogen and oxygen atoms in total. The molecule has 1 saturated carbocycles. The number of nitrogens with one attached hydrogen (secondary N) is 1. The summed E-state index contributed by atoms with van der Waals surface area (Å²) in [6.07, 6.45) is 2.96. The van der Waals surface area contributed by atoms with Crippen LogP contribution in [0.4, 0.5) is 0 Å². The van der Waals surface area contributed by atoms with Crippen molar-refractivity contribution in [1.82, 2.24) is 5.32 Å². The minimum atomic E-state index is 0.233. The van der Waals surface area contributed by atoms with Crippen molar-refractivity contribution in [2.24, 2.45) is 5.41 Å². The van der Waals surface area contributed by atoms with Gasteiger partial charge in [-0.15, -0.1) is 0 Å². The normalized spacial score (nSPS) is 17.2. The highest BCUT2D eigenvalue weighted by Crippen LogP contribution is 2.44. The van der Waals surface area contributed by atoms with Crippen LogP contribution in [0.25, 0.3) is 0 Å². The lowest BCUT2D eigenvalue weighted by Gasteiger charge is -2.15. The Balaban J connectivity index is 1.89. The summed E-state index contributed by atoms with van der Waals surface area (Å²) in [5, 5.41) is 3.54. The monoisotopic (exact) mass is 233 g/mol. The summed E-state index contributed by atoms with van der Waals surface area (Å²) in [5.74, 6) is 1.01. The molecule has 0 spiro atoms. The highest BCUT2D eigenvalue weighted by atomic mass is 16.5. The van der Waals surface area contributed by atoms with Gasteiger partial charge in [0.15, 0.2) is 0 Å². The van der Waals surface area contributed by atoms with Gasteiger partial charge in [-0.3, -0.25) is 0 Å². The van der Waals surface area contributed by atoms with Crippen molar-refractivity contribution in [1.29, 1.82) is 0 Å². The molecular formula is C15H23NO. The molecule has 1 aromatic rings. The zero-order valence-corrected chi connectivity index (χ0v) is 11.1. The summed E-state index contributed by atoms with van der Waals surface area (Å²) in [5.41, 5.74) is 1.82. The van der Waals surface area contributed by atoms with Crippen molar-refractivity contribution in [3.8, 4) is 5.75 Å². The van der Waals surface area contributed by atoms with E-state index in [1.54, 1.807) is 0 Å². The second-order valence-corrected chi connectivity index (χ2v) is 5.69. The Bertz CT molecular complexity index is 369. The van der Waals surface area contributed by atoms with Crippen molar-refractivity contribution >= 4 is 0 Å². The molecule has 0 bridgehead atoms. The molecule has 2 rings (SSSR count). The first-order valence-corrected chi connectivity index (χ1v) is 6.54. The van der Waals surface area contributed by atoms with Gasteiger partial charge < -0.3 is 10.1 Å². The molecule has 1 aliphatic carbocycles. The van der Waals surface area contributed by atoms with Gasteiger partial charge in [0.1, 0.15) is 5.75 Å². The van der Waals surface area contributed by atoms with E-state index in [4.69, 9.17) is 4.74 Å². The minimum Gasteiger partial charge on any atom is -0.491 e. The topological polar surface area (TPSA) is 21.3 Å². The minimum absolute atomic E-state index is 0.233. The van der Waals surface area contributed by atoms with Crippen LogP contribution in [0.15, 0.2) is 24.3 Å². The van der Waals surface area contributed by atoms with Crippen LogP contribution in [0, 0.1) is 5.41 Å². The van der Waals surface area contributed by atoms with Gasteiger partial charge in [0.05, 0.1) is 6.10 Å². The molecule has 1 fully saturated rings. The van der Waals surface area contributed by atoms with Crippen LogP contribution in [0.5, 0.6) is 5.75 Å². The first kappa shape index (κ1) is 12.4. The van der Waals surface area contributed by atoms with Crippen LogP contribution in [0.2, 0.25) is 0 Å². The number of benzene rings is 1. The van der Waals surface area contributed by atoms with E-state index in [2.05, 4.69) is 44.3 Å². The Morgan fingerprint density at radius 3 is 2.65 bits per heavy atom. The molecule has 0 atom stereocenters. The van der Waals surface area contributed by atoms with E-state index in [1.165, 1.54) is 18.4 Å². The van der Waals surface area contributed by atoms with Crippen LogP contribution in [0.3, 0.4) is 0 Å². The number of para-hydroxylation sites is 1. The Hall–Kier alpha value is -1.02. The largest absolute Gasteiger partial charge is 0.491 e. The highest BCUT2D eigenvalue weighted by molar-refractivity contribution is 5.33. The number of hydrogen-bond acceptors (Lipinski definition) is 2. The molecule has 2 heteroatoms. The third-order valence-electron chi connectivity index (χ3n) is 3.31. The Morgan fingerprint density at radius 1 is 1.29 bits per heavy atom. The Morgan fingerprint density at radius 2 is 2.00 bits per heavy atom. The molecule has 0 saturated heterocycles. The highest BCUT2D eigenvalue weighted by Gasteiger charge is 2.36. The lowest BCUT2D eigenvalue weighted by atomic mass is 10.1. The number of hydrogen-bond donors (Lipinski definition) is 1. The molecule has 94 valence electrons. The van der Waals surface area contributed by atoms with Crippen LogP contribution in [-0.2, 0) is 6.54 Å². The summed E-state index contributed by atoms with van der Waals surface area (Å²) in [6.45, 7) is 8.49.